The van der Waals surface area contributed by atoms with Crippen LogP contribution in [0, 0.1) is 0 Å². The van der Waals surface area contributed by atoms with E-state index in [0.717, 1.165) is 6.42 Å². The van der Waals surface area contributed by atoms with Crippen LogP contribution < -0.4 is 15.4 Å². The van der Waals surface area contributed by atoms with Crippen LogP contribution >= 0.6 is 0 Å². The van der Waals surface area contributed by atoms with E-state index < -0.39 is 16.1 Å². The van der Waals surface area contributed by atoms with Crippen molar-refractivity contribution in [3.8, 4) is 0 Å². The van der Waals surface area contributed by atoms with Gasteiger partial charge in [0.2, 0.25) is 15.9 Å². The predicted molar refractivity (Wildman–Crippen MR) is 76.9 cm³/mol. The molecular weight excluding hydrogens is 280 g/mol. The zero-order chi connectivity index (χ0) is 15.2. The minimum Gasteiger partial charge on any atom is -0.373 e. The van der Waals surface area contributed by atoms with Gasteiger partial charge in [-0.1, -0.05) is 6.92 Å². The van der Waals surface area contributed by atoms with E-state index in [-0.39, 0.29) is 10.8 Å². The Morgan fingerprint density at radius 1 is 1.40 bits per heavy atom. The molecule has 0 saturated carbocycles. The van der Waals surface area contributed by atoms with Gasteiger partial charge >= 0.3 is 0 Å². The Balaban J connectivity index is 2.75. The van der Waals surface area contributed by atoms with Crippen molar-refractivity contribution in [1.29, 1.82) is 0 Å². The van der Waals surface area contributed by atoms with Crippen LogP contribution in [0.15, 0.2) is 23.2 Å². The molecule has 1 amide bonds. The van der Waals surface area contributed by atoms with Gasteiger partial charge in [0.15, 0.2) is 0 Å². The summed E-state index contributed by atoms with van der Waals surface area (Å²) in [6, 6.07) is 2.14. The van der Waals surface area contributed by atoms with Gasteiger partial charge in [0.05, 0.1) is 6.04 Å². The lowest BCUT2D eigenvalue weighted by atomic mass is 10.3. The monoisotopic (exact) mass is 300 g/mol. The molecule has 0 spiro atoms. The summed E-state index contributed by atoms with van der Waals surface area (Å²) in [5, 5.41) is 5.43. The van der Waals surface area contributed by atoms with Gasteiger partial charge in [-0.2, -0.15) is 4.72 Å². The number of sulfonamides is 1. The Kier molecular flexibility index (Phi) is 5.90. The van der Waals surface area contributed by atoms with Crippen LogP contribution in [0.3, 0.4) is 0 Å². The largest absolute Gasteiger partial charge is 0.373 e. The van der Waals surface area contributed by atoms with E-state index >= 15 is 0 Å². The molecule has 0 bridgehead atoms. The molecule has 0 saturated heterocycles. The molecule has 3 N–H and O–H groups in total. The summed E-state index contributed by atoms with van der Waals surface area (Å²) in [6.07, 6.45) is 2.03. The summed E-state index contributed by atoms with van der Waals surface area (Å²) in [7, 11) is -2.07. The van der Waals surface area contributed by atoms with E-state index in [1.807, 2.05) is 6.92 Å². The van der Waals surface area contributed by atoms with Crippen molar-refractivity contribution in [3.63, 3.8) is 0 Å². The number of carbonyl (C=O) groups is 1. The number of pyridine rings is 1. The van der Waals surface area contributed by atoms with Gasteiger partial charge in [0.25, 0.3) is 0 Å². The summed E-state index contributed by atoms with van der Waals surface area (Å²) < 4.78 is 26.5. The molecule has 8 heteroatoms. The third-order valence-corrected chi connectivity index (χ3v) is 4.10. The number of anilines is 1. The van der Waals surface area contributed by atoms with E-state index in [9.17, 15) is 13.2 Å². The fourth-order valence-corrected chi connectivity index (χ4v) is 2.59. The zero-order valence-corrected chi connectivity index (χ0v) is 12.6. The normalized spacial score (nSPS) is 12.8. The Morgan fingerprint density at radius 3 is 2.60 bits per heavy atom. The van der Waals surface area contributed by atoms with Crippen molar-refractivity contribution < 1.29 is 13.2 Å². The highest BCUT2D eigenvalue weighted by molar-refractivity contribution is 7.89. The lowest BCUT2D eigenvalue weighted by Gasteiger charge is -2.14. The number of nitrogens with one attached hydrogen (secondary N) is 3. The summed E-state index contributed by atoms with van der Waals surface area (Å²) in [4.78, 5) is 15.6. The highest BCUT2D eigenvalue weighted by Crippen LogP contribution is 2.10. The average molecular weight is 300 g/mol. The number of rotatable bonds is 7. The van der Waals surface area contributed by atoms with Gasteiger partial charge in [0, 0.05) is 19.8 Å². The molecule has 0 fully saturated rings. The molecule has 0 radical (unpaired) electrons. The molecule has 7 nitrogen and oxygen atoms in total. The predicted octanol–water partition coefficient (Wildman–Crippen LogP) is 0.316. The van der Waals surface area contributed by atoms with E-state index in [1.165, 1.54) is 19.2 Å². The quantitative estimate of drug-likeness (QED) is 0.673. The molecule has 112 valence electrons. The first-order valence-corrected chi connectivity index (χ1v) is 7.83. The fourth-order valence-electron chi connectivity index (χ4n) is 1.44. The van der Waals surface area contributed by atoms with Crippen LogP contribution in [0.5, 0.6) is 0 Å². The number of carbonyl (C=O) groups excluding carboxylic acids is 1. The molecule has 1 unspecified atom stereocenters. The molecule has 0 aliphatic carbocycles. The summed E-state index contributed by atoms with van der Waals surface area (Å²) in [6.45, 7) is 3.94. The molecule has 0 aliphatic rings. The van der Waals surface area contributed by atoms with Crippen LogP contribution in [-0.4, -0.2) is 38.9 Å². The molecule has 0 aromatic carbocycles. The van der Waals surface area contributed by atoms with E-state index in [2.05, 4.69) is 20.3 Å². The molecule has 1 aromatic heterocycles. The number of hydrogen-bond acceptors (Lipinski definition) is 5. The molecule has 1 aromatic rings. The van der Waals surface area contributed by atoms with Crippen LogP contribution in [0.1, 0.15) is 20.3 Å². The maximum atomic E-state index is 12.1. The standard InChI is InChI=1S/C12H20N4O3S/c1-4-7-14-12(17)9(2)16-20(18,19)10-5-6-11(13-3)15-8-10/h5-6,8-9,16H,4,7H2,1-3H3,(H,13,15)(H,14,17). The first-order chi connectivity index (χ1) is 9.40. The Morgan fingerprint density at radius 2 is 2.10 bits per heavy atom. The highest BCUT2D eigenvalue weighted by Gasteiger charge is 2.21. The molecule has 1 atom stereocenters. The van der Waals surface area contributed by atoms with Crippen molar-refractivity contribution in [2.24, 2.45) is 0 Å². The highest BCUT2D eigenvalue weighted by atomic mass is 32.2. The van der Waals surface area contributed by atoms with Gasteiger partial charge in [-0.3, -0.25) is 4.79 Å². The molecule has 1 rings (SSSR count). The molecule has 1 heterocycles. The zero-order valence-electron chi connectivity index (χ0n) is 11.8. The summed E-state index contributed by atoms with van der Waals surface area (Å²) >= 11 is 0. The topological polar surface area (TPSA) is 100 Å². The van der Waals surface area contributed by atoms with Crippen molar-refractivity contribution in [1.82, 2.24) is 15.0 Å². The maximum Gasteiger partial charge on any atom is 0.242 e. The van der Waals surface area contributed by atoms with Gasteiger partial charge in [0.1, 0.15) is 10.7 Å². The second-order valence-corrected chi connectivity index (χ2v) is 5.98. The van der Waals surface area contributed by atoms with Crippen molar-refractivity contribution in [3.05, 3.63) is 18.3 Å². The Bertz CT molecular complexity index is 542. The lowest BCUT2D eigenvalue weighted by Crippen LogP contribution is -2.44. The first-order valence-electron chi connectivity index (χ1n) is 6.34. The number of aromatic nitrogens is 1. The van der Waals surface area contributed by atoms with Crippen LogP contribution in [-0.2, 0) is 14.8 Å². The number of amides is 1. The van der Waals surface area contributed by atoms with Crippen molar-refractivity contribution in [2.45, 2.75) is 31.2 Å². The maximum absolute atomic E-state index is 12.1. The SMILES string of the molecule is CCCNC(=O)C(C)NS(=O)(=O)c1ccc(NC)nc1. The van der Waals surface area contributed by atoms with Gasteiger partial charge in [-0.15, -0.1) is 0 Å². The van der Waals surface area contributed by atoms with Gasteiger partial charge in [-0.05, 0) is 25.5 Å². The second kappa shape index (κ2) is 7.20. The van der Waals surface area contributed by atoms with Gasteiger partial charge < -0.3 is 10.6 Å². The van der Waals surface area contributed by atoms with Crippen LogP contribution in [0.2, 0.25) is 0 Å². The Labute approximate surface area is 119 Å². The molecule has 0 aliphatic heterocycles. The van der Waals surface area contributed by atoms with Crippen molar-refractivity contribution >= 4 is 21.7 Å². The van der Waals surface area contributed by atoms with Crippen molar-refractivity contribution in [2.75, 3.05) is 18.9 Å². The Hall–Kier alpha value is -1.67. The number of hydrogen-bond donors (Lipinski definition) is 3. The van der Waals surface area contributed by atoms with E-state index in [4.69, 9.17) is 0 Å². The number of nitrogens with zero attached hydrogens (tertiary/aromatic N) is 1. The summed E-state index contributed by atoms with van der Waals surface area (Å²) in [5.74, 6) is 0.216. The lowest BCUT2D eigenvalue weighted by molar-refractivity contribution is -0.122. The van der Waals surface area contributed by atoms with Crippen LogP contribution in [0.4, 0.5) is 5.82 Å². The second-order valence-electron chi connectivity index (χ2n) is 4.26. The minimum atomic E-state index is -3.76. The van der Waals surface area contributed by atoms with Crippen LogP contribution in [0.25, 0.3) is 0 Å². The fraction of sp³-hybridized carbons (Fsp3) is 0.500. The first kappa shape index (κ1) is 16.4. The third kappa shape index (κ3) is 4.46. The van der Waals surface area contributed by atoms with Gasteiger partial charge in [-0.25, -0.2) is 13.4 Å². The molecule has 20 heavy (non-hydrogen) atoms. The smallest absolute Gasteiger partial charge is 0.242 e. The minimum absolute atomic E-state index is 0.0200. The summed E-state index contributed by atoms with van der Waals surface area (Å²) in [5.41, 5.74) is 0. The molecular formula is C12H20N4O3S. The van der Waals surface area contributed by atoms with E-state index in [0.29, 0.717) is 12.4 Å². The third-order valence-electron chi connectivity index (χ3n) is 2.58. The average Bonchev–Trinajstić information content (AvgIpc) is 2.44. The van der Waals surface area contributed by atoms with E-state index in [1.54, 1.807) is 13.1 Å².